The maximum Gasteiger partial charge on any atom is 0.411 e. The molecule has 1 saturated heterocycles. The maximum absolute atomic E-state index is 12.5. The van der Waals surface area contributed by atoms with Crippen LogP contribution in [-0.2, 0) is 10.2 Å². The molecule has 126 valence electrons. The summed E-state index contributed by atoms with van der Waals surface area (Å²) in [5.41, 5.74) is -0.287. The van der Waals surface area contributed by atoms with Crippen LogP contribution in [0.25, 0.3) is 0 Å². The average Bonchev–Trinajstić information content (AvgIpc) is 2.77. The average molecular weight is 390 g/mol. The Bertz CT molecular complexity index is 717. The van der Waals surface area contributed by atoms with Gasteiger partial charge in [0.2, 0.25) is 0 Å². The van der Waals surface area contributed by atoms with Gasteiger partial charge in [0.05, 0.1) is 23.6 Å². The zero-order chi connectivity index (χ0) is 17.5. The molecule has 0 aliphatic carbocycles. The monoisotopic (exact) mass is 389 g/mol. The third-order valence-corrected chi connectivity index (χ3v) is 4.89. The largest absolute Gasteiger partial charge is 0.444 e. The summed E-state index contributed by atoms with van der Waals surface area (Å²) in [5, 5.41) is 9.90. The molecule has 0 radical (unpaired) electrons. The fourth-order valence-corrected chi connectivity index (χ4v) is 3.83. The quantitative estimate of drug-likeness (QED) is 0.682. The Morgan fingerprint density at radius 3 is 2.50 bits per heavy atom. The molecule has 6 heteroatoms. The van der Waals surface area contributed by atoms with Gasteiger partial charge in [-0.2, -0.15) is 5.26 Å². The number of pyridine rings is 1. The molecule has 2 aliphatic rings. The SMILES string of the molecule is CC(C)(C)OC(=O)N1C2C=C[C@@H]1CC(C#N)(c1cncc(Br)c1)C2. The molecule has 5 nitrogen and oxygen atoms in total. The minimum atomic E-state index is -0.645. The van der Waals surface area contributed by atoms with Crippen LogP contribution >= 0.6 is 15.9 Å². The standard InChI is InChI=1S/C18H20BrN3O2/c1-17(2,3)24-16(23)22-14-4-5-15(22)8-18(7-14,11-20)12-6-13(19)10-21-9-12/h4-6,9-10,14-15H,7-8H2,1-3H3/t14-,15?,18?/m1/s1. The highest BCUT2D eigenvalue weighted by Gasteiger charge is 2.50. The minimum Gasteiger partial charge on any atom is -0.444 e. The summed E-state index contributed by atoms with van der Waals surface area (Å²) < 4.78 is 6.38. The second-order valence-electron chi connectivity index (χ2n) is 7.40. The van der Waals surface area contributed by atoms with Crippen molar-refractivity contribution >= 4 is 22.0 Å². The van der Waals surface area contributed by atoms with E-state index in [9.17, 15) is 10.1 Å². The van der Waals surface area contributed by atoms with E-state index in [-0.39, 0.29) is 18.2 Å². The van der Waals surface area contributed by atoms with E-state index in [0.29, 0.717) is 12.8 Å². The molecule has 24 heavy (non-hydrogen) atoms. The van der Waals surface area contributed by atoms with Gasteiger partial charge in [0.25, 0.3) is 0 Å². The molecular formula is C18H20BrN3O2. The lowest BCUT2D eigenvalue weighted by Gasteiger charge is -2.43. The third kappa shape index (κ3) is 3.05. The predicted octanol–water partition coefficient (Wildman–Crippen LogP) is 3.94. The van der Waals surface area contributed by atoms with Crippen LogP contribution in [-0.4, -0.2) is 33.7 Å². The van der Waals surface area contributed by atoms with Crippen LogP contribution < -0.4 is 0 Å². The van der Waals surface area contributed by atoms with Crippen LogP contribution in [0, 0.1) is 11.3 Å². The summed E-state index contributed by atoms with van der Waals surface area (Å²) in [6.07, 6.45) is 8.26. The van der Waals surface area contributed by atoms with Gasteiger partial charge in [0.1, 0.15) is 5.60 Å². The van der Waals surface area contributed by atoms with E-state index in [0.717, 1.165) is 10.0 Å². The normalized spacial score (nSPS) is 28.5. The molecule has 1 amide bonds. The number of nitriles is 1. The molecule has 3 heterocycles. The van der Waals surface area contributed by atoms with Crippen molar-refractivity contribution in [3.63, 3.8) is 0 Å². The molecule has 1 aromatic heterocycles. The van der Waals surface area contributed by atoms with Crippen LogP contribution in [0.2, 0.25) is 0 Å². The molecule has 3 atom stereocenters. The molecule has 2 bridgehead atoms. The lowest BCUT2D eigenvalue weighted by atomic mass is 9.71. The lowest BCUT2D eigenvalue weighted by molar-refractivity contribution is 0.00562. The number of amides is 1. The molecule has 1 aromatic rings. The summed E-state index contributed by atoms with van der Waals surface area (Å²) >= 11 is 3.42. The van der Waals surface area contributed by atoms with Gasteiger partial charge in [0.15, 0.2) is 0 Å². The number of halogens is 1. The predicted molar refractivity (Wildman–Crippen MR) is 93.3 cm³/mol. The zero-order valence-electron chi connectivity index (χ0n) is 14.0. The van der Waals surface area contributed by atoms with Crippen molar-refractivity contribution in [1.29, 1.82) is 5.26 Å². The first-order valence-corrected chi connectivity index (χ1v) is 8.75. The topological polar surface area (TPSA) is 66.2 Å². The Hall–Kier alpha value is -1.87. The second-order valence-corrected chi connectivity index (χ2v) is 8.32. The Balaban J connectivity index is 1.87. The van der Waals surface area contributed by atoms with Crippen molar-refractivity contribution in [1.82, 2.24) is 9.88 Å². The second kappa shape index (κ2) is 5.89. The summed E-state index contributed by atoms with van der Waals surface area (Å²) in [7, 11) is 0. The molecular weight excluding hydrogens is 370 g/mol. The number of aromatic nitrogens is 1. The van der Waals surface area contributed by atoms with Crippen molar-refractivity contribution in [2.45, 2.75) is 56.7 Å². The number of carbonyl (C=O) groups excluding carboxylic acids is 1. The van der Waals surface area contributed by atoms with Gasteiger partial charge in [0, 0.05) is 16.9 Å². The highest BCUT2D eigenvalue weighted by Crippen LogP contribution is 2.44. The number of nitrogens with zero attached hydrogens (tertiary/aromatic N) is 3. The van der Waals surface area contributed by atoms with Crippen molar-refractivity contribution in [2.75, 3.05) is 0 Å². The van der Waals surface area contributed by atoms with Crippen LogP contribution in [0.4, 0.5) is 4.79 Å². The molecule has 0 N–H and O–H groups in total. The number of rotatable bonds is 1. The van der Waals surface area contributed by atoms with Crippen LogP contribution in [0.5, 0.6) is 0 Å². The summed E-state index contributed by atoms with van der Waals surface area (Å²) in [4.78, 5) is 18.5. The Labute approximate surface area is 150 Å². The highest BCUT2D eigenvalue weighted by atomic mass is 79.9. The molecule has 3 rings (SSSR count). The van der Waals surface area contributed by atoms with E-state index in [2.05, 4.69) is 27.0 Å². The molecule has 2 aliphatic heterocycles. The van der Waals surface area contributed by atoms with Crippen molar-refractivity contribution in [2.24, 2.45) is 0 Å². The van der Waals surface area contributed by atoms with Gasteiger partial charge < -0.3 is 4.74 Å². The molecule has 0 saturated carbocycles. The summed E-state index contributed by atoms with van der Waals surface area (Å²) in [6, 6.07) is 4.18. The van der Waals surface area contributed by atoms with Gasteiger partial charge in [-0.3, -0.25) is 9.88 Å². The van der Waals surface area contributed by atoms with E-state index in [1.165, 1.54) is 0 Å². The number of ether oxygens (including phenoxy) is 1. The van der Waals surface area contributed by atoms with Crippen molar-refractivity contribution in [3.05, 3.63) is 40.6 Å². The first kappa shape index (κ1) is 17.0. The van der Waals surface area contributed by atoms with E-state index >= 15 is 0 Å². The summed E-state index contributed by atoms with van der Waals surface area (Å²) in [6.45, 7) is 5.57. The lowest BCUT2D eigenvalue weighted by Crippen LogP contribution is -2.53. The van der Waals surface area contributed by atoms with Crippen molar-refractivity contribution < 1.29 is 9.53 Å². The van der Waals surface area contributed by atoms with Crippen LogP contribution in [0.3, 0.4) is 0 Å². The summed E-state index contributed by atoms with van der Waals surface area (Å²) in [5.74, 6) is 0. The van der Waals surface area contributed by atoms with E-state index in [1.807, 2.05) is 39.0 Å². The van der Waals surface area contributed by atoms with Gasteiger partial charge >= 0.3 is 6.09 Å². The van der Waals surface area contributed by atoms with E-state index in [1.54, 1.807) is 17.3 Å². The zero-order valence-corrected chi connectivity index (χ0v) is 15.6. The third-order valence-electron chi connectivity index (χ3n) is 4.46. The number of hydrogen-bond donors (Lipinski definition) is 0. The Morgan fingerprint density at radius 2 is 2.00 bits per heavy atom. The smallest absolute Gasteiger partial charge is 0.411 e. The first-order chi connectivity index (χ1) is 11.2. The van der Waals surface area contributed by atoms with Crippen molar-refractivity contribution in [3.8, 4) is 6.07 Å². The Kier molecular flexibility index (Phi) is 4.16. The van der Waals surface area contributed by atoms with Gasteiger partial charge in [-0.05, 0) is 61.2 Å². The number of piperidine rings is 1. The number of fused-ring (bicyclic) bond motifs is 2. The fourth-order valence-electron chi connectivity index (χ4n) is 3.47. The molecule has 0 spiro atoms. The maximum atomic E-state index is 12.5. The number of carbonyl (C=O) groups is 1. The van der Waals surface area contributed by atoms with E-state index < -0.39 is 11.0 Å². The van der Waals surface area contributed by atoms with Gasteiger partial charge in [-0.15, -0.1) is 0 Å². The van der Waals surface area contributed by atoms with Gasteiger partial charge in [-0.1, -0.05) is 12.2 Å². The minimum absolute atomic E-state index is 0.128. The van der Waals surface area contributed by atoms with Crippen LogP contribution in [0.1, 0.15) is 39.2 Å². The van der Waals surface area contributed by atoms with Crippen LogP contribution in [0.15, 0.2) is 35.1 Å². The molecule has 1 fully saturated rings. The fraction of sp³-hybridized carbons (Fsp3) is 0.500. The first-order valence-electron chi connectivity index (χ1n) is 7.96. The van der Waals surface area contributed by atoms with Gasteiger partial charge in [-0.25, -0.2) is 4.79 Å². The van der Waals surface area contributed by atoms with E-state index in [4.69, 9.17) is 4.74 Å². The Morgan fingerprint density at radius 1 is 1.38 bits per heavy atom. The highest BCUT2D eigenvalue weighted by molar-refractivity contribution is 9.10. The molecule has 2 unspecified atom stereocenters. The molecule has 0 aromatic carbocycles. The number of hydrogen-bond acceptors (Lipinski definition) is 4.